The summed E-state index contributed by atoms with van der Waals surface area (Å²) in [6.45, 7) is 20.8. The Morgan fingerprint density at radius 3 is 2.51 bits per heavy atom. The number of fused-ring (bicyclic) bond motifs is 5. The average Bonchev–Trinajstić information content (AvgIpc) is 3.18. The molecule has 0 radical (unpaired) electrons. The van der Waals surface area contributed by atoms with E-state index in [0.29, 0.717) is 35.2 Å². The summed E-state index contributed by atoms with van der Waals surface area (Å²) in [5, 5.41) is 9.60. The van der Waals surface area contributed by atoms with E-state index in [9.17, 15) is 9.90 Å². The first-order valence-corrected chi connectivity index (χ1v) is 18.3. The molecule has 0 heterocycles. The highest BCUT2D eigenvalue weighted by atomic mass is 28.4. The Morgan fingerprint density at radius 2 is 1.86 bits per heavy atom. The fourth-order valence-electron chi connectivity index (χ4n) is 9.11. The third-order valence-electron chi connectivity index (χ3n) is 12.5. The van der Waals surface area contributed by atoms with E-state index in [1.54, 1.807) is 5.57 Å². The first-order chi connectivity index (χ1) is 17.8. The maximum atomic E-state index is 11.4. The van der Waals surface area contributed by atoms with Gasteiger partial charge in [-0.2, -0.15) is 0 Å². The molecule has 0 aromatic rings. The molecule has 4 aliphatic rings. The number of hydrogen-bond donors (Lipinski definition) is 1. The van der Waals surface area contributed by atoms with Gasteiger partial charge in [0.2, 0.25) is 0 Å². The first kappa shape index (κ1) is 26.6. The molecule has 3 nitrogen and oxygen atoms in total. The zero-order valence-electron chi connectivity index (χ0n) is 27.5. The van der Waals surface area contributed by atoms with Crippen molar-refractivity contribution < 1.29 is 17.1 Å². The summed E-state index contributed by atoms with van der Waals surface area (Å²) in [6.07, 6.45) is 12.5. The second-order valence-electron chi connectivity index (χ2n) is 15.5. The van der Waals surface area contributed by atoms with Crippen molar-refractivity contribution in [1.29, 1.82) is 0 Å². The van der Waals surface area contributed by atoms with Gasteiger partial charge in [0.1, 0.15) is 0 Å². The van der Waals surface area contributed by atoms with Crippen LogP contribution in [0.2, 0.25) is 18.1 Å². The van der Waals surface area contributed by atoms with Crippen LogP contribution in [0.15, 0.2) is 11.6 Å². The highest BCUT2D eigenvalue weighted by Crippen LogP contribution is 2.67. The van der Waals surface area contributed by atoms with E-state index < -0.39 is 26.6 Å². The number of aliphatic carboxylic acids is 1. The lowest BCUT2D eigenvalue weighted by Crippen LogP contribution is -2.52. The van der Waals surface area contributed by atoms with Crippen molar-refractivity contribution in [1.82, 2.24) is 0 Å². The second kappa shape index (κ2) is 10.4. The molecule has 4 rings (SSSR count). The van der Waals surface area contributed by atoms with E-state index in [-0.39, 0.29) is 5.04 Å². The molecule has 1 N–H and O–H groups in total. The topological polar surface area (TPSA) is 46.5 Å². The Kier molecular flexibility index (Phi) is 7.49. The predicted molar refractivity (Wildman–Crippen MR) is 157 cm³/mol. The Morgan fingerprint density at radius 1 is 1.16 bits per heavy atom. The smallest absolute Gasteiger partial charge is 0.306 e. The van der Waals surface area contributed by atoms with Gasteiger partial charge in [-0.05, 0) is 116 Å². The minimum atomic E-state index is -1.76. The van der Waals surface area contributed by atoms with E-state index in [2.05, 4.69) is 60.7 Å². The zero-order valence-corrected chi connectivity index (χ0v) is 26.5. The molecule has 4 aliphatic carbocycles. The Labute approximate surface area is 232 Å². The van der Waals surface area contributed by atoms with E-state index >= 15 is 0 Å². The van der Waals surface area contributed by atoms with Crippen molar-refractivity contribution in [2.75, 3.05) is 0 Å². The van der Waals surface area contributed by atoms with Gasteiger partial charge in [0.15, 0.2) is 8.32 Å². The van der Waals surface area contributed by atoms with Crippen molar-refractivity contribution in [3.63, 3.8) is 0 Å². The second-order valence-corrected chi connectivity index (χ2v) is 20.3. The van der Waals surface area contributed by atoms with Crippen LogP contribution in [0.4, 0.5) is 0 Å². The number of rotatable bonds is 8. The van der Waals surface area contributed by atoms with E-state index in [0.717, 1.165) is 30.6 Å². The van der Waals surface area contributed by atoms with Gasteiger partial charge in [-0.3, -0.25) is 4.79 Å². The predicted octanol–water partition coefficient (Wildman–Crippen LogP) is 9.48. The van der Waals surface area contributed by atoms with Crippen LogP contribution in [-0.4, -0.2) is 25.5 Å². The summed E-state index contributed by atoms with van der Waals surface area (Å²) in [5.41, 5.74) is 2.35. The van der Waals surface area contributed by atoms with Gasteiger partial charge in [0.05, 0.1) is 5.92 Å². The fraction of sp³-hybridized carbons (Fsp3) is 0.909. The summed E-state index contributed by atoms with van der Waals surface area (Å²) < 4.78 is 23.6. The normalized spacial score (nSPS) is 40.9. The maximum Gasteiger partial charge on any atom is 0.306 e. The molecule has 0 aromatic carbocycles. The van der Waals surface area contributed by atoms with Crippen LogP contribution in [-0.2, 0) is 9.22 Å². The monoisotopic (exact) mass is 532 g/mol. The molecule has 1 unspecified atom stereocenters. The van der Waals surface area contributed by atoms with Crippen LogP contribution in [0.25, 0.3) is 0 Å². The highest BCUT2D eigenvalue weighted by molar-refractivity contribution is 6.74. The molecular weight excluding hydrogens is 472 g/mol. The molecule has 0 bridgehead atoms. The molecular formula is C33H58O3Si. The van der Waals surface area contributed by atoms with Gasteiger partial charge < -0.3 is 9.53 Å². The maximum absolute atomic E-state index is 11.4. The molecule has 0 spiro atoms. The van der Waals surface area contributed by atoms with Crippen molar-refractivity contribution in [3.8, 4) is 0 Å². The van der Waals surface area contributed by atoms with Crippen molar-refractivity contribution >= 4 is 14.3 Å². The Hall–Kier alpha value is -0.613. The van der Waals surface area contributed by atoms with Gasteiger partial charge in [0, 0.05) is 8.85 Å². The summed E-state index contributed by atoms with van der Waals surface area (Å²) in [7, 11) is -1.76. The first-order valence-electron chi connectivity index (χ1n) is 16.4. The average molecular weight is 533 g/mol. The lowest BCUT2D eigenvalue weighted by atomic mass is 9.47. The van der Waals surface area contributed by atoms with E-state index in [1.165, 1.54) is 51.9 Å². The lowest BCUT2D eigenvalue weighted by Gasteiger charge is -2.59. The van der Waals surface area contributed by atoms with Crippen molar-refractivity contribution in [2.24, 2.45) is 46.3 Å². The van der Waals surface area contributed by atoms with Crippen molar-refractivity contribution in [3.05, 3.63) is 11.6 Å². The van der Waals surface area contributed by atoms with E-state index in [1.807, 2.05) is 0 Å². The summed E-state index contributed by atoms with van der Waals surface area (Å²) >= 11 is 0. The van der Waals surface area contributed by atoms with Gasteiger partial charge in [-0.1, -0.05) is 73.0 Å². The minimum absolute atomic E-state index is 0.251. The van der Waals surface area contributed by atoms with Crippen LogP contribution in [0.1, 0.15) is 122 Å². The molecule has 212 valence electrons. The number of carboxylic acid groups (broad SMARTS) is 1. The number of allylic oxidation sites excluding steroid dienone is 1. The lowest BCUT2D eigenvalue weighted by molar-refractivity contribution is -0.141. The molecule has 0 aromatic heterocycles. The third kappa shape index (κ3) is 5.41. The molecule has 0 amide bonds. The molecule has 9 atom stereocenters. The number of carboxylic acids is 1. The minimum Gasteiger partial charge on any atom is -0.481 e. The summed E-state index contributed by atoms with van der Waals surface area (Å²) in [4.78, 5) is 11.4. The Balaban J connectivity index is 1.44. The molecule has 3 saturated carbocycles. The largest absolute Gasteiger partial charge is 0.481 e. The molecule has 0 aliphatic heterocycles. The molecule has 0 saturated heterocycles. The highest BCUT2D eigenvalue weighted by Gasteiger charge is 2.59. The number of hydrogen-bond acceptors (Lipinski definition) is 2. The summed E-state index contributed by atoms with van der Waals surface area (Å²) in [6, 6.07) is 0. The summed E-state index contributed by atoms with van der Waals surface area (Å²) in [5.74, 6) is 1.37. The molecule has 37 heavy (non-hydrogen) atoms. The van der Waals surface area contributed by atoms with Crippen LogP contribution < -0.4 is 0 Å². The molecule has 3 fully saturated rings. The van der Waals surface area contributed by atoms with Crippen LogP contribution in [0, 0.1) is 46.3 Å². The number of carbonyl (C=O) groups is 1. The standard InChI is InChI=1S/C33H58O3Si/c1-22(11-10-12-23(2)30(34)35)27-15-16-28-26-14-13-24-21-25(36-37(8,9)31(3,4)5)17-19-32(24,6)29(26)18-20-33(27,28)7/h13,22-23,25-29H,10-12,14-21H2,1-9H3,(H,34,35)/t22-,23?,25+,26+,27-,28+,29+,32+,33-/m1/s1/i12D2. The Bertz CT molecular complexity index is 955. The quantitative estimate of drug-likeness (QED) is 0.250. The third-order valence-corrected chi connectivity index (χ3v) is 17.0. The fourth-order valence-corrected chi connectivity index (χ4v) is 10.5. The van der Waals surface area contributed by atoms with Gasteiger partial charge in [0.25, 0.3) is 0 Å². The van der Waals surface area contributed by atoms with Gasteiger partial charge >= 0.3 is 5.97 Å². The van der Waals surface area contributed by atoms with E-state index in [4.69, 9.17) is 7.17 Å². The van der Waals surface area contributed by atoms with Crippen LogP contribution in [0.3, 0.4) is 0 Å². The van der Waals surface area contributed by atoms with Gasteiger partial charge in [-0.25, -0.2) is 0 Å². The zero-order chi connectivity index (χ0) is 29.2. The molecule has 4 heteroatoms. The van der Waals surface area contributed by atoms with Crippen molar-refractivity contribution in [2.45, 2.75) is 143 Å². The van der Waals surface area contributed by atoms with Gasteiger partial charge in [-0.15, -0.1) is 0 Å². The van der Waals surface area contributed by atoms with Crippen LogP contribution >= 0.6 is 0 Å². The SMILES string of the molecule is [2H]C([2H])(CC[C@@H](C)[C@H]1CC[C@H]2[C@@H]3CC=C4C[C@@H](O[Si](C)(C)C(C)(C)C)CC[C@]4(C)[C@H]3CC[C@]12C)C(C)C(=O)O. The van der Waals surface area contributed by atoms with Crippen LogP contribution in [0.5, 0.6) is 0 Å².